The van der Waals surface area contributed by atoms with Crippen molar-refractivity contribution in [1.82, 2.24) is 0 Å². The van der Waals surface area contributed by atoms with Gasteiger partial charge < -0.3 is 5.73 Å². The number of hydrogen-bond donors (Lipinski definition) is 1. The monoisotopic (exact) mass is 181 g/mol. The van der Waals surface area contributed by atoms with E-state index >= 15 is 0 Å². The summed E-state index contributed by atoms with van der Waals surface area (Å²) in [5.74, 6) is 0. The molecule has 0 aliphatic rings. The Balaban J connectivity index is 3.02. The quantitative estimate of drug-likeness (QED) is 0.710. The Kier molecular flexibility index (Phi) is 2.80. The number of nitrogens with two attached hydrogens (primary N) is 1. The zero-order chi connectivity index (χ0) is 9.19. The van der Waals surface area contributed by atoms with E-state index in [4.69, 9.17) is 5.73 Å². The molecule has 12 heavy (non-hydrogen) atoms. The van der Waals surface area contributed by atoms with Gasteiger partial charge in [-0.2, -0.15) is 0 Å². The molecule has 0 saturated carbocycles. The highest BCUT2D eigenvalue weighted by Crippen LogP contribution is 2.22. The summed E-state index contributed by atoms with van der Waals surface area (Å²) < 4.78 is 0. The first-order valence-electron chi connectivity index (χ1n) is 3.97. The second-order valence-corrected chi connectivity index (χ2v) is 4.33. The molecule has 1 rings (SSSR count). The molecule has 0 aromatic heterocycles. The van der Waals surface area contributed by atoms with E-state index in [1.54, 1.807) is 11.8 Å². The molecular formula is C10H15NS. The number of thioether (sulfide) groups is 1. The van der Waals surface area contributed by atoms with Gasteiger partial charge in [-0.25, -0.2) is 0 Å². The summed E-state index contributed by atoms with van der Waals surface area (Å²) in [5.41, 5.74) is 6.93. The fourth-order valence-electron chi connectivity index (χ4n) is 1.02. The van der Waals surface area contributed by atoms with Crippen LogP contribution in [0.3, 0.4) is 0 Å². The van der Waals surface area contributed by atoms with E-state index in [0.717, 1.165) is 0 Å². The van der Waals surface area contributed by atoms with Crippen LogP contribution in [0.25, 0.3) is 0 Å². The minimum atomic E-state index is -0.230. The Labute approximate surface area is 78.4 Å². The Bertz CT molecular complexity index is 263. The van der Waals surface area contributed by atoms with Gasteiger partial charge in [0.25, 0.3) is 0 Å². The third kappa shape index (κ3) is 2.26. The second-order valence-electron chi connectivity index (χ2n) is 3.45. The van der Waals surface area contributed by atoms with E-state index in [2.05, 4.69) is 30.5 Å². The lowest BCUT2D eigenvalue weighted by Crippen LogP contribution is -2.28. The molecule has 66 valence electrons. The fraction of sp³-hybridized carbons (Fsp3) is 0.400. The molecule has 0 fully saturated rings. The fourth-order valence-corrected chi connectivity index (χ4v) is 1.48. The van der Waals surface area contributed by atoms with Crippen LogP contribution in [0.5, 0.6) is 0 Å². The first-order valence-corrected chi connectivity index (χ1v) is 5.20. The van der Waals surface area contributed by atoms with Crippen molar-refractivity contribution in [2.24, 2.45) is 5.73 Å². The third-order valence-electron chi connectivity index (χ3n) is 1.81. The molecular weight excluding hydrogens is 166 g/mol. The highest BCUT2D eigenvalue weighted by Gasteiger charge is 2.13. The largest absolute Gasteiger partial charge is 0.322 e. The smallest absolute Gasteiger partial charge is 0.0352 e. The lowest BCUT2D eigenvalue weighted by Gasteiger charge is -2.19. The minimum Gasteiger partial charge on any atom is -0.322 e. The van der Waals surface area contributed by atoms with Crippen LogP contribution in [0.2, 0.25) is 0 Å². The van der Waals surface area contributed by atoms with Crippen LogP contribution in [-0.2, 0) is 5.54 Å². The second kappa shape index (κ2) is 3.50. The predicted molar refractivity (Wildman–Crippen MR) is 55.4 cm³/mol. The average Bonchev–Trinajstić information content (AvgIpc) is 2.03. The van der Waals surface area contributed by atoms with Gasteiger partial charge in [0, 0.05) is 10.4 Å². The first kappa shape index (κ1) is 9.62. The summed E-state index contributed by atoms with van der Waals surface area (Å²) in [6.45, 7) is 4.04. The number of benzene rings is 1. The van der Waals surface area contributed by atoms with Gasteiger partial charge in [0.15, 0.2) is 0 Å². The maximum Gasteiger partial charge on any atom is 0.0352 e. The summed E-state index contributed by atoms with van der Waals surface area (Å²) >= 11 is 1.74. The van der Waals surface area contributed by atoms with E-state index in [-0.39, 0.29) is 5.54 Å². The molecule has 0 amide bonds. The molecule has 0 aliphatic heterocycles. The molecule has 1 aromatic carbocycles. The summed E-state index contributed by atoms with van der Waals surface area (Å²) in [6.07, 6.45) is 2.07. The normalized spacial score (nSPS) is 11.7. The molecule has 0 radical (unpaired) electrons. The lowest BCUT2D eigenvalue weighted by molar-refractivity contribution is 0.553. The minimum absolute atomic E-state index is 0.230. The molecule has 0 aliphatic carbocycles. The van der Waals surface area contributed by atoms with Gasteiger partial charge in [0.1, 0.15) is 0 Å². The Morgan fingerprint density at radius 2 is 2.00 bits per heavy atom. The zero-order valence-corrected chi connectivity index (χ0v) is 8.61. The van der Waals surface area contributed by atoms with E-state index < -0.39 is 0 Å². The first-order chi connectivity index (χ1) is 5.54. The maximum absolute atomic E-state index is 5.97. The van der Waals surface area contributed by atoms with Gasteiger partial charge in [-0.1, -0.05) is 12.1 Å². The van der Waals surface area contributed by atoms with Crippen molar-refractivity contribution in [2.45, 2.75) is 24.3 Å². The molecule has 1 nitrogen and oxygen atoms in total. The number of hydrogen-bond acceptors (Lipinski definition) is 2. The van der Waals surface area contributed by atoms with Gasteiger partial charge in [-0.3, -0.25) is 0 Å². The van der Waals surface area contributed by atoms with Crippen LogP contribution in [0.1, 0.15) is 19.4 Å². The molecule has 0 unspecified atom stereocenters. The van der Waals surface area contributed by atoms with Crippen LogP contribution < -0.4 is 5.73 Å². The summed E-state index contributed by atoms with van der Waals surface area (Å²) in [5, 5.41) is 0. The van der Waals surface area contributed by atoms with Crippen LogP contribution in [0.4, 0.5) is 0 Å². The molecule has 0 heterocycles. The van der Waals surface area contributed by atoms with E-state index in [9.17, 15) is 0 Å². The zero-order valence-electron chi connectivity index (χ0n) is 7.79. The Hall–Kier alpha value is -0.470. The average molecular weight is 181 g/mol. The van der Waals surface area contributed by atoms with Crippen molar-refractivity contribution < 1.29 is 0 Å². The van der Waals surface area contributed by atoms with Gasteiger partial charge >= 0.3 is 0 Å². The van der Waals surface area contributed by atoms with E-state index in [1.165, 1.54) is 10.5 Å². The Morgan fingerprint density at radius 3 is 2.50 bits per heavy atom. The lowest BCUT2D eigenvalue weighted by atomic mass is 9.96. The molecule has 2 heteroatoms. The van der Waals surface area contributed by atoms with E-state index in [1.807, 2.05) is 13.8 Å². The Morgan fingerprint density at radius 1 is 1.33 bits per heavy atom. The van der Waals surface area contributed by atoms with Crippen LogP contribution in [0, 0.1) is 0 Å². The predicted octanol–water partition coefficient (Wildman–Crippen LogP) is 2.60. The molecule has 1 aromatic rings. The van der Waals surface area contributed by atoms with Crippen molar-refractivity contribution in [3.8, 4) is 0 Å². The van der Waals surface area contributed by atoms with E-state index in [0.29, 0.717) is 0 Å². The van der Waals surface area contributed by atoms with Crippen molar-refractivity contribution in [3.05, 3.63) is 29.8 Å². The van der Waals surface area contributed by atoms with Gasteiger partial charge in [0.2, 0.25) is 0 Å². The standard InChI is InChI=1S/C10H15NS/c1-10(2,11)8-5-4-6-9(7-8)12-3/h4-7H,11H2,1-3H3. The summed E-state index contributed by atoms with van der Waals surface area (Å²) in [6, 6.07) is 8.36. The SMILES string of the molecule is CSc1cccc(C(C)(C)N)c1. The third-order valence-corrected chi connectivity index (χ3v) is 2.54. The van der Waals surface area contributed by atoms with Crippen molar-refractivity contribution in [1.29, 1.82) is 0 Å². The van der Waals surface area contributed by atoms with Gasteiger partial charge in [0.05, 0.1) is 0 Å². The molecule has 0 saturated heterocycles. The topological polar surface area (TPSA) is 26.0 Å². The molecule has 2 N–H and O–H groups in total. The van der Waals surface area contributed by atoms with Gasteiger partial charge in [-0.05, 0) is 37.8 Å². The summed E-state index contributed by atoms with van der Waals surface area (Å²) in [4.78, 5) is 1.27. The number of rotatable bonds is 2. The molecule has 0 spiro atoms. The van der Waals surface area contributed by atoms with Crippen molar-refractivity contribution in [2.75, 3.05) is 6.26 Å². The maximum atomic E-state index is 5.97. The van der Waals surface area contributed by atoms with Crippen LogP contribution in [-0.4, -0.2) is 6.26 Å². The van der Waals surface area contributed by atoms with Crippen LogP contribution in [0.15, 0.2) is 29.2 Å². The van der Waals surface area contributed by atoms with Gasteiger partial charge in [-0.15, -0.1) is 11.8 Å². The highest BCUT2D eigenvalue weighted by atomic mass is 32.2. The molecule has 0 atom stereocenters. The van der Waals surface area contributed by atoms with Crippen molar-refractivity contribution >= 4 is 11.8 Å². The molecule has 0 bridgehead atoms. The van der Waals surface area contributed by atoms with Crippen molar-refractivity contribution in [3.63, 3.8) is 0 Å². The summed E-state index contributed by atoms with van der Waals surface area (Å²) in [7, 11) is 0. The van der Waals surface area contributed by atoms with Crippen LogP contribution >= 0.6 is 11.8 Å². The highest BCUT2D eigenvalue weighted by molar-refractivity contribution is 7.98.